The van der Waals surface area contributed by atoms with E-state index >= 15 is 0 Å². The third kappa shape index (κ3) is 1.11. The first-order chi connectivity index (χ1) is 7.09. The van der Waals surface area contributed by atoms with Crippen molar-refractivity contribution in [1.29, 1.82) is 0 Å². The minimum absolute atomic E-state index is 0.0631. The number of aryl methyl sites for hydroxylation is 1. The average molecular weight is 208 g/mol. The molecule has 1 aliphatic carbocycles. The Bertz CT molecular complexity index is 429. The summed E-state index contributed by atoms with van der Waals surface area (Å²) in [6.45, 7) is 0. The molecule has 0 atom stereocenters. The Morgan fingerprint density at radius 2 is 1.73 bits per heavy atom. The van der Waals surface area contributed by atoms with Crippen molar-refractivity contribution in [2.45, 2.75) is 18.5 Å². The van der Waals surface area contributed by atoms with Crippen molar-refractivity contribution in [2.24, 2.45) is 0 Å². The first-order valence-corrected chi connectivity index (χ1v) is 4.46. The normalized spacial score (nSPS) is 17.1. The average Bonchev–Trinajstić information content (AvgIpc) is 2.57. The number of hydrogen-bond acceptors (Lipinski definition) is 4. The molecule has 15 heavy (non-hydrogen) atoms. The summed E-state index contributed by atoms with van der Waals surface area (Å²) in [5, 5.41) is 21.8. The van der Waals surface area contributed by atoms with E-state index in [2.05, 4.69) is 0 Å². The number of nitrogens with zero attached hydrogens (tertiary/aromatic N) is 2. The molecular weight excluding hydrogens is 200 g/mol. The molecule has 0 unspecified atom stereocenters. The van der Waals surface area contributed by atoms with Gasteiger partial charge in [-0.2, -0.15) is 0 Å². The van der Waals surface area contributed by atoms with Gasteiger partial charge in [0.25, 0.3) is 0 Å². The standard InChI is InChI=1S/C9H8N2O4/c12-10(13)9(11(14)15)6-5-7-3-1-2-4-8(7)9/h1-4H,5-6H2. The molecule has 0 N–H and O–H groups in total. The summed E-state index contributed by atoms with van der Waals surface area (Å²) in [5.41, 5.74) is -1.21. The molecule has 78 valence electrons. The van der Waals surface area contributed by atoms with E-state index in [4.69, 9.17) is 0 Å². The van der Waals surface area contributed by atoms with Crippen molar-refractivity contribution in [3.63, 3.8) is 0 Å². The fourth-order valence-electron chi connectivity index (χ4n) is 2.02. The van der Waals surface area contributed by atoms with Crippen molar-refractivity contribution < 1.29 is 9.85 Å². The van der Waals surface area contributed by atoms with Crippen LogP contribution in [0.1, 0.15) is 17.5 Å². The van der Waals surface area contributed by atoms with E-state index in [1.165, 1.54) is 6.07 Å². The second-order valence-electron chi connectivity index (χ2n) is 3.49. The monoisotopic (exact) mass is 208 g/mol. The molecule has 2 rings (SSSR count). The van der Waals surface area contributed by atoms with E-state index in [9.17, 15) is 20.2 Å². The molecule has 0 spiro atoms. The van der Waals surface area contributed by atoms with Crippen LogP contribution in [-0.2, 0) is 12.1 Å². The minimum Gasteiger partial charge on any atom is -0.258 e. The van der Waals surface area contributed by atoms with Gasteiger partial charge in [0.2, 0.25) is 0 Å². The molecule has 1 aliphatic rings. The number of fused-ring (bicyclic) bond motifs is 1. The van der Waals surface area contributed by atoms with Gasteiger partial charge in [0.1, 0.15) is 15.4 Å². The SMILES string of the molecule is O=[N+]([O-])C1([N+](=O)[O-])CCc2ccccc21. The number of rotatable bonds is 2. The van der Waals surface area contributed by atoms with E-state index in [1.54, 1.807) is 18.2 Å². The Hall–Kier alpha value is -1.98. The molecule has 0 bridgehead atoms. The van der Waals surface area contributed by atoms with Crippen molar-refractivity contribution in [1.82, 2.24) is 0 Å². The highest BCUT2D eigenvalue weighted by molar-refractivity contribution is 5.35. The van der Waals surface area contributed by atoms with Crippen molar-refractivity contribution in [3.8, 4) is 0 Å². The van der Waals surface area contributed by atoms with Crippen LogP contribution in [0.25, 0.3) is 0 Å². The summed E-state index contributed by atoms with van der Waals surface area (Å²) < 4.78 is 0. The fourth-order valence-corrected chi connectivity index (χ4v) is 2.02. The van der Waals surface area contributed by atoms with Gasteiger partial charge in [0.05, 0.1) is 6.42 Å². The molecule has 0 aliphatic heterocycles. The van der Waals surface area contributed by atoms with Gasteiger partial charge in [0, 0.05) is 0 Å². The molecule has 6 nitrogen and oxygen atoms in total. The van der Waals surface area contributed by atoms with Gasteiger partial charge in [-0.3, -0.25) is 20.2 Å². The smallest absolute Gasteiger partial charge is 0.258 e. The van der Waals surface area contributed by atoms with Gasteiger partial charge in [-0.25, -0.2) is 0 Å². The zero-order valence-electron chi connectivity index (χ0n) is 7.75. The number of benzene rings is 1. The summed E-state index contributed by atoms with van der Waals surface area (Å²) >= 11 is 0. The zero-order chi connectivity index (χ0) is 11.1. The van der Waals surface area contributed by atoms with Gasteiger partial charge < -0.3 is 0 Å². The predicted octanol–water partition coefficient (Wildman–Crippen LogP) is 1.34. The lowest BCUT2D eigenvalue weighted by Gasteiger charge is -2.11. The maximum Gasteiger partial charge on any atom is 0.484 e. The zero-order valence-corrected chi connectivity index (χ0v) is 7.75. The molecule has 0 amide bonds. The molecule has 0 fully saturated rings. The summed E-state index contributed by atoms with van der Waals surface area (Å²) in [4.78, 5) is 20.2. The Morgan fingerprint density at radius 3 is 2.33 bits per heavy atom. The summed E-state index contributed by atoms with van der Waals surface area (Å²) in [7, 11) is 0. The molecular formula is C9H8N2O4. The van der Waals surface area contributed by atoms with E-state index in [1.807, 2.05) is 0 Å². The maximum absolute atomic E-state index is 10.9. The summed E-state index contributed by atoms with van der Waals surface area (Å²) in [6.07, 6.45) is 0.324. The lowest BCUT2D eigenvalue weighted by atomic mass is 10.0. The second-order valence-corrected chi connectivity index (χ2v) is 3.49. The number of nitro groups is 2. The van der Waals surface area contributed by atoms with Gasteiger partial charge in [-0.1, -0.05) is 18.2 Å². The van der Waals surface area contributed by atoms with Gasteiger partial charge in [-0.15, -0.1) is 0 Å². The molecule has 0 aromatic heterocycles. The van der Waals surface area contributed by atoms with Gasteiger partial charge in [0.15, 0.2) is 0 Å². The van der Waals surface area contributed by atoms with E-state index in [0.29, 0.717) is 12.0 Å². The molecule has 6 heteroatoms. The first kappa shape index (κ1) is 9.57. The molecule has 1 aromatic carbocycles. The van der Waals surface area contributed by atoms with E-state index < -0.39 is 15.5 Å². The van der Waals surface area contributed by atoms with Crippen LogP contribution in [-0.4, -0.2) is 9.85 Å². The summed E-state index contributed by atoms with van der Waals surface area (Å²) in [6, 6.07) is 6.48. The quantitative estimate of drug-likeness (QED) is 0.417. The van der Waals surface area contributed by atoms with Crippen LogP contribution in [0.15, 0.2) is 24.3 Å². The lowest BCUT2D eigenvalue weighted by Crippen LogP contribution is -2.41. The van der Waals surface area contributed by atoms with Crippen molar-refractivity contribution in [3.05, 3.63) is 55.6 Å². The molecule has 1 aromatic rings. The maximum atomic E-state index is 10.9. The van der Waals surface area contributed by atoms with Crippen molar-refractivity contribution in [2.75, 3.05) is 0 Å². The highest BCUT2D eigenvalue weighted by atomic mass is 16.7. The van der Waals surface area contributed by atoms with E-state index in [0.717, 1.165) is 0 Å². The van der Waals surface area contributed by atoms with Crippen LogP contribution in [0.5, 0.6) is 0 Å². The lowest BCUT2D eigenvalue weighted by molar-refractivity contribution is -0.809. The molecule has 0 saturated carbocycles. The number of hydrogen-bond donors (Lipinski definition) is 0. The topological polar surface area (TPSA) is 86.3 Å². The van der Waals surface area contributed by atoms with Crippen LogP contribution in [0.4, 0.5) is 0 Å². The Labute approximate surface area is 84.8 Å². The summed E-state index contributed by atoms with van der Waals surface area (Å²) in [5.74, 6) is 0. The Morgan fingerprint density at radius 1 is 1.13 bits per heavy atom. The molecule has 0 saturated heterocycles. The van der Waals surface area contributed by atoms with Crippen LogP contribution in [0.3, 0.4) is 0 Å². The van der Waals surface area contributed by atoms with Crippen LogP contribution < -0.4 is 0 Å². The Kier molecular flexibility index (Phi) is 1.92. The highest BCUT2D eigenvalue weighted by Gasteiger charge is 2.61. The van der Waals surface area contributed by atoms with Gasteiger partial charge >= 0.3 is 5.66 Å². The fraction of sp³-hybridized carbons (Fsp3) is 0.333. The third-order valence-electron chi connectivity index (χ3n) is 2.80. The van der Waals surface area contributed by atoms with Crippen molar-refractivity contribution >= 4 is 0 Å². The second kappa shape index (κ2) is 3.01. The van der Waals surface area contributed by atoms with Crippen LogP contribution >= 0.6 is 0 Å². The van der Waals surface area contributed by atoms with Gasteiger partial charge in [-0.05, 0) is 18.1 Å². The van der Waals surface area contributed by atoms with Crippen LogP contribution in [0.2, 0.25) is 0 Å². The molecule has 0 heterocycles. The molecule has 0 radical (unpaired) electrons. The third-order valence-corrected chi connectivity index (χ3v) is 2.80. The van der Waals surface area contributed by atoms with Crippen LogP contribution in [0, 0.1) is 20.2 Å². The Balaban J connectivity index is 2.64. The highest BCUT2D eigenvalue weighted by Crippen LogP contribution is 2.39. The van der Waals surface area contributed by atoms with E-state index in [-0.39, 0.29) is 12.0 Å². The largest absolute Gasteiger partial charge is 0.484 e. The predicted molar refractivity (Wildman–Crippen MR) is 50.4 cm³/mol. The minimum atomic E-state index is -2.13. The first-order valence-electron chi connectivity index (χ1n) is 4.46.